The van der Waals surface area contributed by atoms with Gasteiger partial charge in [0.2, 0.25) is 0 Å². The molecular weight excluding hydrogens is 308 g/mol. The zero-order valence-corrected chi connectivity index (χ0v) is 13.1. The van der Waals surface area contributed by atoms with Gasteiger partial charge in [-0.25, -0.2) is 0 Å². The van der Waals surface area contributed by atoms with Gasteiger partial charge >= 0.3 is 0 Å². The number of nitrogens with one attached hydrogen (secondary N) is 1. The van der Waals surface area contributed by atoms with Crippen LogP contribution in [0, 0.1) is 0 Å². The molecule has 2 atom stereocenters. The summed E-state index contributed by atoms with van der Waals surface area (Å²) in [6.45, 7) is 0. The summed E-state index contributed by atoms with van der Waals surface area (Å²) in [5, 5.41) is 0. The van der Waals surface area contributed by atoms with Gasteiger partial charge in [-0.05, 0) is 11.1 Å². The van der Waals surface area contributed by atoms with E-state index in [4.69, 9.17) is 0 Å². The lowest BCUT2D eigenvalue weighted by Crippen LogP contribution is -2.10. The Morgan fingerprint density at radius 3 is 1.38 bits per heavy atom. The Bertz CT molecular complexity index is 616. The van der Waals surface area contributed by atoms with E-state index >= 15 is 0 Å². The Hall–Kier alpha value is -1.22. The van der Waals surface area contributed by atoms with E-state index < -0.39 is 15.0 Å². The fourth-order valence-corrected chi connectivity index (χ4v) is 5.91. The van der Waals surface area contributed by atoms with Gasteiger partial charge in [0, 0.05) is 0 Å². The first-order chi connectivity index (χ1) is 9.86. The van der Waals surface area contributed by atoms with Crippen LogP contribution in [0.3, 0.4) is 0 Å². The Morgan fingerprint density at radius 1 is 0.714 bits per heavy atom. The van der Waals surface area contributed by atoms with Crippen LogP contribution in [-0.2, 0) is 21.5 Å². The lowest BCUT2D eigenvalue weighted by atomic mass is 10.2. The summed E-state index contributed by atoms with van der Waals surface area (Å²) in [5.74, 6) is 0. The van der Waals surface area contributed by atoms with Crippen molar-refractivity contribution in [3.63, 3.8) is 0 Å². The van der Waals surface area contributed by atoms with Crippen LogP contribution in [0.1, 0.15) is 11.1 Å². The molecule has 0 fully saturated rings. The fourth-order valence-electron chi connectivity index (χ4n) is 1.98. The Balaban J connectivity index is 2.04. The van der Waals surface area contributed by atoms with Crippen LogP contribution in [-0.4, -0.2) is 9.79 Å². The van der Waals surface area contributed by atoms with Gasteiger partial charge < -0.3 is 9.79 Å². The highest BCUT2D eigenvalue weighted by Gasteiger charge is 2.30. The first-order valence-corrected chi connectivity index (χ1v) is 10.1. The van der Waals surface area contributed by atoms with E-state index in [0.29, 0.717) is 11.1 Å². The summed E-state index contributed by atoms with van der Waals surface area (Å²) in [7, 11) is -7.87. The molecule has 3 N–H and O–H groups in total. The van der Waals surface area contributed by atoms with Gasteiger partial charge in [0.05, 0.1) is 12.3 Å². The first-order valence-electron chi connectivity index (χ1n) is 6.37. The van der Waals surface area contributed by atoms with Crippen LogP contribution in [0.2, 0.25) is 0 Å². The van der Waals surface area contributed by atoms with E-state index in [1.807, 2.05) is 0 Å². The molecule has 0 radical (unpaired) electrons. The number of benzene rings is 2. The molecular formula is C14H17NO4P2. The summed E-state index contributed by atoms with van der Waals surface area (Å²) in [6.07, 6.45) is -0.375. The van der Waals surface area contributed by atoms with Crippen molar-refractivity contribution in [3.8, 4) is 0 Å². The standard InChI is InChI=1S/C14H17NO4P2/c16-20(17,11-13-7-3-1-4-8-13)15-21(18,19)12-14-9-5-2-6-10-14/h1-10H,11-12H2,(H3,15,16,17,18,19). The highest BCUT2D eigenvalue weighted by molar-refractivity contribution is 7.70. The smallest absolute Gasteiger partial charge is 0.278 e. The molecule has 0 aliphatic rings. The Morgan fingerprint density at radius 2 is 1.05 bits per heavy atom. The van der Waals surface area contributed by atoms with Crippen LogP contribution in [0.5, 0.6) is 0 Å². The van der Waals surface area contributed by atoms with E-state index in [1.54, 1.807) is 60.7 Å². The van der Waals surface area contributed by atoms with Gasteiger partial charge in [0.15, 0.2) is 0 Å². The predicted octanol–water partition coefficient (Wildman–Crippen LogP) is 3.35. The topological polar surface area (TPSA) is 86.6 Å². The monoisotopic (exact) mass is 325 g/mol. The first kappa shape index (κ1) is 16.2. The maximum absolute atomic E-state index is 12.1. The van der Waals surface area contributed by atoms with Crippen LogP contribution < -0.4 is 4.86 Å². The lowest BCUT2D eigenvalue weighted by molar-refractivity contribution is 0.449. The molecule has 0 aliphatic carbocycles. The Kier molecular flexibility index (Phi) is 5.15. The SMILES string of the molecule is O=P(O)(Cc1ccccc1)NP(=O)(O)Cc1ccccc1. The zero-order valence-electron chi connectivity index (χ0n) is 11.3. The van der Waals surface area contributed by atoms with Crippen LogP contribution in [0.25, 0.3) is 0 Å². The van der Waals surface area contributed by atoms with Crippen molar-refractivity contribution in [1.29, 1.82) is 0 Å². The van der Waals surface area contributed by atoms with Gasteiger partial charge in [-0.2, -0.15) is 4.86 Å². The molecule has 0 aromatic heterocycles. The minimum absolute atomic E-state index is 0.187. The number of hydrogen-bond donors (Lipinski definition) is 3. The van der Waals surface area contributed by atoms with Crippen molar-refractivity contribution < 1.29 is 18.9 Å². The second kappa shape index (κ2) is 6.69. The second-order valence-corrected chi connectivity index (χ2v) is 9.03. The predicted molar refractivity (Wildman–Crippen MR) is 83.1 cm³/mol. The normalized spacial score (nSPS) is 16.9. The van der Waals surface area contributed by atoms with E-state index in [1.165, 1.54) is 0 Å². The Labute approximate surface area is 123 Å². The van der Waals surface area contributed by atoms with E-state index in [9.17, 15) is 18.9 Å². The van der Waals surface area contributed by atoms with E-state index in [-0.39, 0.29) is 12.3 Å². The molecule has 5 nitrogen and oxygen atoms in total. The summed E-state index contributed by atoms with van der Waals surface area (Å²) in [5.41, 5.74) is 1.27. The van der Waals surface area contributed by atoms with Crippen LogP contribution in [0.4, 0.5) is 0 Å². The van der Waals surface area contributed by atoms with Crippen molar-refractivity contribution in [1.82, 2.24) is 4.86 Å². The molecule has 2 rings (SSSR count). The maximum Gasteiger partial charge on any atom is 0.278 e. The van der Waals surface area contributed by atoms with Crippen molar-refractivity contribution in [2.24, 2.45) is 0 Å². The molecule has 0 saturated heterocycles. The van der Waals surface area contributed by atoms with Crippen LogP contribution >= 0.6 is 15.0 Å². The van der Waals surface area contributed by atoms with Gasteiger partial charge in [0.1, 0.15) is 0 Å². The maximum atomic E-state index is 12.1. The zero-order chi connectivity index (χ0) is 15.3. The third-order valence-corrected chi connectivity index (χ3v) is 6.88. The largest absolute Gasteiger partial charge is 0.333 e. The van der Waals surface area contributed by atoms with Gasteiger partial charge in [-0.15, -0.1) is 0 Å². The molecule has 2 unspecified atom stereocenters. The van der Waals surface area contributed by atoms with Gasteiger partial charge in [0.25, 0.3) is 15.0 Å². The third-order valence-electron chi connectivity index (χ3n) is 2.79. The van der Waals surface area contributed by atoms with E-state index in [0.717, 1.165) is 0 Å². The number of rotatable bonds is 6. The number of hydrogen-bond acceptors (Lipinski definition) is 2. The van der Waals surface area contributed by atoms with Crippen molar-refractivity contribution in [3.05, 3.63) is 71.8 Å². The molecule has 2 aromatic carbocycles. The quantitative estimate of drug-likeness (QED) is 0.709. The molecule has 0 saturated carbocycles. The third kappa shape index (κ3) is 5.58. The van der Waals surface area contributed by atoms with Crippen molar-refractivity contribution in [2.75, 3.05) is 0 Å². The van der Waals surface area contributed by atoms with Gasteiger partial charge in [-0.1, -0.05) is 60.7 Å². The average molecular weight is 325 g/mol. The van der Waals surface area contributed by atoms with Crippen molar-refractivity contribution in [2.45, 2.75) is 12.3 Å². The molecule has 0 bridgehead atoms. The van der Waals surface area contributed by atoms with Crippen molar-refractivity contribution >= 4 is 15.0 Å². The molecule has 2 aromatic rings. The second-order valence-electron chi connectivity index (χ2n) is 4.79. The highest BCUT2D eigenvalue weighted by Crippen LogP contribution is 2.53. The van der Waals surface area contributed by atoms with Gasteiger partial charge in [-0.3, -0.25) is 9.13 Å². The molecule has 7 heteroatoms. The van der Waals surface area contributed by atoms with E-state index in [2.05, 4.69) is 4.86 Å². The molecule has 112 valence electrons. The minimum Gasteiger partial charge on any atom is -0.333 e. The lowest BCUT2D eigenvalue weighted by Gasteiger charge is -2.18. The molecule has 0 spiro atoms. The summed E-state index contributed by atoms with van der Waals surface area (Å²) < 4.78 is 24.2. The summed E-state index contributed by atoms with van der Waals surface area (Å²) in [6, 6.07) is 17.4. The molecule has 0 amide bonds. The van der Waals surface area contributed by atoms with Crippen LogP contribution in [0.15, 0.2) is 60.7 Å². The average Bonchev–Trinajstić information content (AvgIpc) is 2.38. The molecule has 0 aliphatic heterocycles. The molecule has 0 heterocycles. The highest BCUT2D eigenvalue weighted by atomic mass is 31.2. The minimum atomic E-state index is -3.94. The molecule has 21 heavy (non-hydrogen) atoms. The fraction of sp³-hybridized carbons (Fsp3) is 0.143. The summed E-state index contributed by atoms with van der Waals surface area (Å²) >= 11 is 0. The summed E-state index contributed by atoms with van der Waals surface area (Å²) in [4.78, 5) is 21.8.